The Bertz CT molecular complexity index is 645. The molecule has 98 valence electrons. The van der Waals surface area contributed by atoms with Crippen molar-refractivity contribution in [3.63, 3.8) is 0 Å². The average Bonchev–Trinajstić information content (AvgIpc) is 2.36. The molecule has 0 aromatic heterocycles. The van der Waals surface area contributed by atoms with Gasteiger partial charge in [0.2, 0.25) is 0 Å². The van der Waals surface area contributed by atoms with Crippen molar-refractivity contribution in [2.24, 2.45) is 0 Å². The summed E-state index contributed by atoms with van der Waals surface area (Å²) in [6.07, 6.45) is 0. The Hall–Kier alpha value is -1.40. The number of halogens is 2. The van der Waals surface area contributed by atoms with Crippen molar-refractivity contribution in [2.75, 3.05) is 5.32 Å². The van der Waals surface area contributed by atoms with E-state index in [1.807, 2.05) is 25.1 Å². The lowest BCUT2D eigenvalue weighted by molar-refractivity contribution is -0.384. The highest BCUT2D eigenvalue weighted by atomic mass is 79.9. The van der Waals surface area contributed by atoms with Crippen molar-refractivity contribution < 1.29 is 4.92 Å². The van der Waals surface area contributed by atoms with Crippen LogP contribution in [-0.2, 0) is 0 Å². The van der Waals surface area contributed by atoms with Gasteiger partial charge in [-0.25, -0.2) is 0 Å². The molecule has 19 heavy (non-hydrogen) atoms. The van der Waals surface area contributed by atoms with E-state index in [0.29, 0.717) is 10.2 Å². The highest BCUT2D eigenvalue weighted by molar-refractivity contribution is 9.10. The number of anilines is 2. The third-order valence-corrected chi connectivity index (χ3v) is 3.98. The minimum atomic E-state index is -0.404. The van der Waals surface area contributed by atoms with Crippen molar-refractivity contribution >= 4 is 48.9 Å². The van der Waals surface area contributed by atoms with Crippen LogP contribution in [0, 0.1) is 17.0 Å². The van der Waals surface area contributed by atoms with Crippen molar-refractivity contribution in [2.45, 2.75) is 6.92 Å². The highest BCUT2D eigenvalue weighted by Gasteiger charge is 2.14. The van der Waals surface area contributed by atoms with Gasteiger partial charge in [0.25, 0.3) is 5.69 Å². The number of nitro benzene ring substituents is 1. The zero-order valence-corrected chi connectivity index (χ0v) is 13.2. The molecule has 0 saturated carbocycles. The summed E-state index contributed by atoms with van der Waals surface area (Å²) in [5, 5.41) is 14.1. The molecular weight excluding hydrogens is 376 g/mol. The van der Waals surface area contributed by atoms with Crippen LogP contribution >= 0.6 is 31.9 Å². The Morgan fingerprint density at radius 2 is 1.89 bits per heavy atom. The van der Waals surface area contributed by atoms with E-state index < -0.39 is 4.92 Å². The van der Waals surface area contributed by atoms with E-state index in [-0.39, 0.29) is 5.69 Å². The van der Waals surface area contributed by atoms with Crippen LogP contribution in [0.5, 0.6) is 0 Å². The number of nitro groups is 1. The number of hydrogen-bond donors (Lipinski definition) is 1. The van der Waals surface area contributed by atoms with Gasteiger partial charge in [0, 0.05) is 20.7 Å². The maximum absolute atomic E-state index is 11.0. The third kappa shape index (κ3) is 3.33. The summed E-state index contributed by atoms with van der Waals surface area (Å²) in [5.74, 6) is 0. The lowest BCUT2D eigenvalue weighted by atomic mass is 10.2. The van der Waals surface area contributed by atoms with Gasteiger partial charge in [0.1, 0.15) is 5.69 Å². The molecule has 0 aliphatic rings. The van der Waals surface area contributed by atoms with Gasteiger partial charge in [-0.2, -0.15) is 0 Å². The minimum Gasteiger partial charge on any atom is -0.350 e. The Morgan fingerprint density at radius 1 is 1.16 bits per heavy atom. The second-order valence-electron chi connectivity index (χ2n) is 4.01. The Kier molecular flexibility index (Phi) is 4.21. The molecule has 0 unspecified atom stereocenters. The molecule has 0 radical (unpaired) electrons. The van der Waals surface area contributed by atoms with E-state index in [1.165, 1.54) is 6.07 Å². The highest BCUT2D eigenvalue weighted by Crippen LogP contribution is 2.31. The molecule has 2 aromatic carbocycles. The van der Waals surface area contributed by atoms with E-state index in [2.05, 4.69) is 37.2 Å². The lowest BCUT2D eigenvalue weighted by Crippen LogP contribution is -1.97. The second kappa shape index (κ2) is 5.71. The van der Waals surface area contributed by atoms with Crippen molar-refractivity contribution in [1.29, 1.82) is 0 Å². The summed E-state index contributed by atoms with van der Waals surface area (Å²) in [6, 6.07) is 10.6. The maximum atomic E-state index is 11.0. The van der Waals surface area contributed by atoms with Crippen LogP contribution in [0.1, 0.15) is 5.56 Å². The first-order valence-corrected chi connectivity index (χ1v) is 7.03. The zero-order valence-electron chi connectivity index (χ0n) is 9.98. The first-order chi connectivity index (χ1) is 8.97. The predicted octanol–water partition coefficient (Wildman–Crippen LogP) is 5.17. The van der Waals surface area contributed by atoms with E-state index in [0.717, 1.165) is 15.7 Å². The number of hydrogen-bond acceptors (Lipinski definition) is 3. The van der Waals surface area contributed by atoms with Gasteiger partial charge < -0.3 is 5.32 Å². The predicted molar refractivity (Wildman–Crippen MR) is 83.0 cm³/mol. The SMILES string of the molecule is Cc1cc(Nc2ccc(Br)cc2[N+](=O)[O-])ccc1Br. The number of rotatable bonds is 3. The van der Waals surface area contributed by atoms with E-state index in [4.69, 9.17) is 0 Å². The zero-order chi connectivity index (χ0) is 14.0. The topological polar surface area (TPSA) is 55.2 Å². The summed E-state index contributed by atoms with van der Waals surface area (Å²) in [4.78, 5) is 10.6. The van der Waals surface area contributed by atoms with Gasteiger partial charge in [-0.05, 0) is 42.8 Å². The molecule has 1 N–H and O–H groups in total. The molecule has 0 heterocycles. The molecular formula is C13H10Br2N2O2. The molecule has 0 bridgehead atoms. The number of benzene rings is 2. The number of nitrogens with zero attached hydrogens (tertiary/aromatic N) is 1. The fourth-order valence-electron chi connectivity index (χ4n) is 1.64. The maximum Gasteiger partial charge on any atom is 0.293 e. The summed E-state index contributed by atoms with van der Waals surface area (Å²) in [5.41, 5.74) is 2.38. The van der Waals surface area contributed by atoms with Crippen LogP contribution in [0.15, 0.2) is 45.3 Å². The Labute approximate surface area is 127 Å². The molecule has 0 spiro atoms. The summed E-state index contributed by atoms with van der Waals surface area (Å²) in [7, 11) is 0. The molecule has 0 aliphatic carbocycles. The molecule has 0 saturated heterocycles. The molecule has 6 heteroatoms. The quantitative estimate of drug-likeness (QED) is 0.585. The third-order valence-electron chi connectivity index (χ3n) is 2.59. The van der Waals surface area contributed by atoms with Crippen LogP contribution < -0.4 is 5.32 Å². The largest absolute Gasteiger partial charge is 0.350 e. The smallest absolute Gasteiger partial charge is 0.293 e. The normalized spacial score (nSPS) is 10.3. The molecule has 2 rings (SSSR count). The second-order valence-corrected chi connectivity index (χ2v) is 5.78. The standard InChI is InChI=1S/C13H10Br2N2O2/c1-8-6-10(3-4-11(8)15)16-12-5-2-9(14)7-13(12)17(18)19/h2-7,16H,1H3. The minimum absolute atomic E-state index is 0.0370. The summed E-state index contributed by atoms with van der Waals surface area (Å²) >= 11 is 6.65. The van der Waals surface area contributed by atoms with E-state index in [9.17, 15) is 10.1 Å². The Morgan fingerprint density at radius 3 is 2.53 bits per heavy atom. The lowest BCUT2D eigenvalue weighted by Gasteiger charge is -2.09. The van der Waals surface area contributed by atoms with Crippen molar-refractivity contribution in [1.82, 2.24) is 0 Å². The van der Waals surface area contributed by atoms with Crippen LogP contribution in [0.2, 0.25) is 0 Å². The van der Waals surface area contributed by atoms with Crippen LogP contribution in [0.4, 0.5) is 17.1 Å². The Balaban J connectivity index is 2.37. The fourth-order valence-corrected chi connectivity index (χ4v) is 2.24. The summed E-state index contributed by atoms with van der Waals surface area (Å²) in [6.45, 7) is 1.96. The number of nitrogens with one attached hydrogen (secondary N) is 1. The van der Waals surface area contributed by atoms with Gasteiger partial charge in [-0.3, -0.25) is 10.1 Å². The first kappa shape index (κ1) is 14.0. The van der Waals surface area contributed by atoms with E-state index in [1.54, 1.807) is 12.1 Å². The molecule has 0 atom stereocenters. The van der Waals surface area contributed by atoms with Crippen LogP contribution in [-0.4, -0.2) is 4.92 Å². The van der Waals surface area contributed by atoms with Gasteiger partial charge in [-0.15, -0.1) is 0 Å². The molecule has 0 fully saturated rings. The van der Waals surface area contributed by atoms with Gasteiger partial charge >= 0.3 is 0 Å². The summed E-state index contributed by atoms with van der Waals surface area (Å²) < 4.78 is 1.68. The van der Waals surface area contributed by atoms with Gasteiger partial charge in [-0.1, -0.05) is 31.9 Å². The average molecular weight is 386 g/mol. The van der Waals surface area contributed by atoms with Crippen LogP contribution in [0.3, 0.4) is 0 Å². The monoisotopic (exact) mass is 384 g/mol. The number of aryl methyl sites for hydroxylation is 1. The molecule has 4 nitrogen and oxygen atoms in total. The first-order valence-electron chi connectivity index (χ1n) is 5.44. The fraction of sp³-hybridized carbons (Fsp3) is 0.0769. The van der Waals surface area contributed by atoms with E-state index >= 15 is 0 Å². The molecule has 0 amide bonds. The van der Waals surface area contributed by atoms with Crippen LogP contribution in [0.25, 0.3) is 0 Å². The van der Waals surface area contributed by atoms with Gasteiger partial charge in [0.05, 0.1) is 4.92 Å². The van der Waals surface area contributed by atoms with Gasteiger partial charge in [0.15, 0.2) is 0 Å². The molecule has 2 aromatic rings. The molecule has 0 aliphatic heterocycles. The van der Waals surface area contributed by atoms with Crippen molar-refractivity contribution in [3.8, 4) is 0 Å². The van der Waals surface area contributed by atoms with Crippen molar-refractivity contribution in [3.05, 3.63) is 61.0 Å².